The van der Waals surface area contributed by atoms with E-state index in [9.17, 15) is 22.8 Å². The number of pyridine rings is 1. The number of halogens is 3. The molecule has 2 rings (SSSR count). The minimum Gasteiger partial charge on any atom is -0.484 e. The lowest BCUT2D eigenvalue weighted by Crippen LogP contribution is -2.27. The molecule has 1 aromatic heterocycles. The van der Waals surface area contributed by atoms with Gasteiger partial charge in [-0.25, -0.2) is 0 Å². The maximum Gasteiger partial charge on any atom is 0.422 e. The average molecular weight is 380 g/mol. The first-order valence-electron chi connectivity index (χ1n) is 8.19. The zero-order chi connectivity index (χ0) is 20.0. The van der Waals surface area contributed by atoms with Gasteiger partial charge in [0.15, 0.2) is 6.61 Å². The number of rotatable bonds is 7. The molecule has 144 valence electrons. The van der Waals surface area contributed by atoms with E-state index in [1.54, 1.807) is 19.1 Å². The summed E-state index contributed by atoms with van der Waals surface area (Å²) in [5.74, 6) is -0.376. The lowest BCUT2D eigenvalue weighted by atomic mass is 10.1. The summed E-state index contributed by atoms with van der Waals surface area (Å²) >= 11 is 0. The average Bonchev–Trinajstić information content (AvgIpc) is 2.59. The number of nitrogens with one attached hydrogen (secondary N) is 1. The van der Waals surface area contributed by atoms with Gasteiger partial charge in [-0.05, 0) is 43.7 Å². The second-order valence-electron chi connectivity index (χ2n) is 6.09. The van der Waals surface area contributed by atoms with Crippen LogP contribution in [0.3, 0.4) is 0 Å². The highest BCUT2D eigenvalue weighted by Gasteiger charge is 2.28. The van der Waals surface area contributed by atoms with Crippen LogP contribution in [0.2, 0.25) is 0 Å². The zero-order valence-corrected chi connectivity index (χ0v) is 14.8. The molecule has 1 unspecified atom stereocenters. The summed E-state index contributed by atoms with van der Waals surface area (Å²) in [7, 11) is 0. The van der Waals surface area contributed by atoms with E-state index in [1.807, 2.05) is 0 Å². The number of ketones is 1. The Morgan fingerprint density at radius 2 is 1.96 bits per heavy atom. The van der Waals surface area contributed by atoms with Crippen LogP contribution in [0.25, 0.3) is 0 Å². The van der Waals surface area contributed by atoms with Crippen molar-refractivity contribution in [3.63, 3.8) is 0 Å². The summed E-state index contributed by atoms with van der Waals surface area (Å²) in [6.07, 6.45) is -2.84. The normalized spacial score (nSPS) is 12.3. The molecule has 1 aromatic carbocycles. The molecule has 5 nitrogen and oxygen atoms in total. The van der Waals surface area contributed by atoms with E-state index in [0.29, 0.717) is 16.8 Å². The van der Waals surface area contributed by atoms with Gasteiger partial charge < -0.3 is 10.1 Å². The van der Waals surface area contributed by atoms with Crippen molar-refractivity contribution < 1.29 is 27.5 Å². The molecule has 0 saturated carbocycles. The van der Waals surface area contributed by atoms with Crippen molar-refractivity contribution in [3.05, 3.63) is 59.4 Å². The van der Waals surface area contributed by atoms with Gasteiger partial charge in [0, 0.05) is 23.9 Å². The number of benzene rings is 1. The molecule has 0 saturated heterocycles. The number of hydrogen-bond acceptors (Lipinski definition) is 4. The fraction of sp³-hybridized carbons (Fsp3) is 0.316. The van der Waals surface area contributed by atoms with Crippen LogP contribution in [-0.4, -0.2) is 29.5 Å². The predicted molar refractivity (Wildman–Crippen MR) is 92.5 cm³/mol. The van der Waals surface area contributed by atoms with Crippen LogP contribution in [-0.2, 0) is 11.2 Å². The third-order valence-corrected chi connectivity index (χ3v) is 3.62. The van der Waals surface area contributed by atoms with E-state index in [2.05, 4.69) is 10.3 Å². The van der Waals surface area contributed by atoms with Gasteiger partial charge in [0.2, 0.25) is 0 Å². The van der Waals surface area contributed by atoms with Crippen LogP contribution in [0.4, 0.5) is 13.2 Å². The first-order valence-corrected chi connectivity index (χ1v) is 8.19. The molecular weight excluding hydrogens is 361 g/mol. The van der Waals surface area contributed by atoms with Crippen LogP contribution in [0.15, 0.2) is 42.6 Å². The largest absolute Gasteiger partial charge is 0.484 e. The number of ether oxygens (including phenoxy) is 1. The van der Waals surface area contributed by atoms with Crippen LogP contribution in [0, 0.1) is 0 Å². The highest BCUT2D eigenvalue weighted by molar-refractivity contribution is 5.94. The first kappa shape index (κ1) is 20.4. The molecule has 0 spiro atoms. The molecule has 1 N–H and O–H groups in total. The Balaban J connectivity index is 2.05. The molecule has 2 aromatic rings. The second kappa shape index (κ2) is 8.66. The van der Waals surface area contributed by atoms with E-state index in [0.717, 1.165) is 0 Å². The van der Waals surface area contributed by atoms with Crippen LogP contribution >= 0.6 is 0 Å². The molecule has 0 aliphatic heterocycles. The third kappa shape index (κ3) is 6.73. The maximum atomic E-state index is 12.4. The van der Waals surface area contributed by atoms with E-state index in [-0.39, 0.29) is 23.9 Å². The summed E-state index contributed by atoms with van der Waals surface area (Å²) in [6.45, 7) is 1.76. The van der Waals surface area contributed by atoms with Crippen molar-refractivity contribution in [1.29, 1.82) is 0 Å². The molecule has 8 heteroatoms. The maximum absolute atomic E-state index is 12.4. The predicted octanol–water partition coefficient (Wildman–Crippen LogP) is 3.65. The minimum absolute atomic E-state index is 0.0657. The summed E-state index contributed by atoms with van der Waals surface area (Å²) in [6, 6.07) is 8.70. The van der Waals surface area contributed by atoms with Crippen molar-refractivity contribution in [2.24, 2.45) is 0 Å². The Bertz CT molecular complexity index is 822. The fourth-order valence-electron chi connectivity index (χ4n) is 2.37. The Morgan fingerprint density at radius 1 is 1.22 bits per heavy atom. The van der Waals surface area contributed by atoms with Crippen LogP contribution in [0.5, 0.6) is 5.75 Å². The van der Waals surface area contributed by atoms with E-state index >= 15 is 0 Å². The van der Waals surface area contributed by atoms with Crippen LogP contribution < -0.4 is 10.1 Å². The van der Waals surface area contributed by atoms with Gasteiger partial charge in [0.25, 0.3) is 5.91 Å². The van der Waals surface area contributed by atoms with Gasteiger partial charge in [0.1, 0.15) is 11.5 Å². The molecule has 0 radical (unpaired) electrons. The van der Waals surface area contributed by atoms with Gasteiger partial charge in [0.05, 0.1) is 6.04 Å². The van der Waals surface area contributed by atoms with Gasteiger partial charge in [-0.2, -0.15) is 13.2 Å². The van der Waals surface area contributed by atoms with Gasteiger partial charge >= 0.3 is 6.18 Å². The highest BCUT2D eigenvalue weighted by atomic mass is 19.4. The van der Waals surface area contributed by atoms with Crippen molar-refractivity contribution in [2.45, 2.75) is 32.5 Å². The first-order chi connectivity index (χ1) is 12.6. The Labute approximate surface area is 154 Å². The number of carbonyl (C=O) groups is 2. The number of hydrogen-bond donors (Lipinski definition) is 1. The van der Waals surface area contributed by atoms with Gasteiger partial charge in [-0.15, -0.1) is 0 Å². The standard InChI is InChI=1S/C19H19F3N2O3/c1-12(25)8-16-9-15(6-7-23-16)18(26)24-13(2)14-4-3-5-17(10-14)27-11-19(20,21)22/h3-7,9-10,13H,8,11H2,1-2H3,(H,24,26). The number of Topliss-reactive ketones (excluding diaryl/α,β-unsaturated/α-hetero) is 1. The monoisotopic (exact) mass is 380 g/mol. The molecule has 27 heavy (non-hydrogen) atoms. The van der Waals surface area contributed by atoms with E-state index < -0.39 is 18.8 Å². The van der Waals surface area contributed by atoms with E-state index in [1.165, 1.54) is 37.4 Å². The van der Waals surface area contributed by atoms with Gasteiger partial charge in [-0.1, -0.05) is 12.1 Å². The second-order valence-corrected chi connectivity index (χ2v) is 6.09. The summed E-state index contributed by atoms with van der Waals surface area (Å²) in [5, 5.41) is 2.76. The van der Waals surface area contributed by atoms with E-state index in [4.69, 9.17) is 4.74 Å². The molecule has 0 aliphatic carbocycles. The number of amides is 1. The summed E-state index contributed by atoms with van der Waals surface area (Å²) in [4.78, 5) is 27.6. The lowest BCUT2D eigenvalue weighted by molar-refractivity contribution is -0.153. The Kier molecular flexibility index (Phi) is 6.55. The number of aromatic nitrogens is 1. The number of nitrogens with zero attached hydrogens (tertiary/aromatic N) is 1. The molecule has 0 aliphatic rings. The number of alkyl halides is 3. The van der Waals surface area contributed by atoms with Crippen molar-refractivity contribution in [2.75, 3.05) is 6.61 Å². The van der Waals surface area contributed by atoms with Crippen molar-refractivity contribution in [3.8, 4) is 5.75 Å². The minimum atomic E-state index is -4.42. The Hall–Kier alpha value is -2.90. The summed E-state index contributed by atoms with van der Waals surface area (Å²) < 4.78 is 41.5. The number of carbonyl (C=O) groups excluding carboxylic acids is 2. The molecule has 1 amide bonds. The fourth-order valence-corrected chi connectivity index (χ4v) is 2.37. The van der Waals surface area contributed by atoms with Gasteiger partial charge in [-0.3, -0.25) is 14.6 Å². The van der Waals surface area contributed by atoms with Crippen molar-refractivity contribution >= 4 is 11.7 Å². The zero-order valence-electron chi connectivity index (χ0n) is 14.8. The SMILES string of the molecule is CC(=O)Cc1cc(C(=O)NC(C)c2cccc(OCC(F)(F)F)c2)ccn1. The molecule has 0 bridgehead atoms. The molecule has 1 heterocycles. The lowest BCUT2D eigenvalue weighted by Gasteiger charge is -2.16. The summed E-state index contributed by atoms with van der Waals surface area (Å²) in [5.41, 5.74) is 1.43. The molecular formula is C19H19F3N2O3. The smallest absolute Gasteiger partial charge is 0.422 e. The van der Waals surface area contributed by atoms with Crippen LogP contribution in [0.1, 0.15) is 41.5 Å². The highest BCUT2D eigenvalue weighted by Crippen LogP contribution is 2.22. The quantitative estimate of drug-likeness (QED) is 0.796. The Morgan fingerprint density at radius 3 is 2.63 bits per heavy atom. The van der Waals surface area contributed by atoms with Crippen molar-refractivity contribution in [1.82, 2.24) is 10.3 Å². The molecule has 1 atom stereocenters. The third-order valence-electron chi connectivity index (χ3n) is 3.62. The molecule has 0 fully saturated rings. The topological polar surface area (TPSA) is 68.3 Å².